The molecule has 0 saturated carbocycles. The Labute approximate surface area is 118 Å². The average molecular weight is 323 g/mol. The predicted molar refractivity (Wildman–Crippen MR) is 75.8 cm³/mol. The molecule has 1 saturated heterocycles. The van der Waals surface area contributed by atoms with Gasteiger partial charge in [-0.2, -0.15) is 0 Å². The maximum atomic E-state index is 12.3. The van der Waals surface area contributed by atoms with E-state index in [0.717, 1.165) is 9.75 Å². The Morgan fingerprint density at radius 1 is 1.37 bits per heavy atom. The molecule has 0 radical (unpaired) electrons. The van der Waals surface area contributed by atoms with Gasteiger partial charge in [0.25, 0.3) is 0 Å². The Morgan fingerprint density at radius 2 is 2.00 bits per heavy atom. The fraction of sp³-hybridized carbons (Fsp3) is 0.636. The molecule has 0 aliphatic carbocycles. The van der Waals surface area contributed by atoms with E-state index in [4.69, 9.17) is 0 Å². The first-order chi connectivity index (χ1) is 8.53. The van der Waals surface area contributed by atoms with Gasteiger partial charge in [-0.1, -0.05) is 0 Å². The lowest BCUT2D eigenvalue weighted by atomic mass is 10.0. The third-order valence-electron chi connectivity index (χ3n) is 3.17. The van der Waals surface area contributed by atoms with E-state index in [1.54, 1.807) is 19.9 Å². The summed E-state index contributed by atoms with van der Waals surface area (Å²) in [6.07, 6.45) is 0.316. The van der Waals surface area contributed by atoms with Gasteiger partial charge in [0.15, 0.2) is 9.84 Å². The van der Waals surface area contributed by atoms with Gasteiger partial charge >= 0.3 is 0 Å². The minimum atomic E-state index is -3.67. The summed E-state index contributed by atoms with van der Waals surface area (Å²) in [6.45, 7) is 5.24. The second-order valence-electron chi connectivity index (χ2n) is 5.29. The van der Waals surface area contributed by atoms with E-state index in [9.17, 15) is 16.8 Å². The number of aryl methyl sites for hydroxylation is 2. The van der Waals surface area contributed by atoms with Crippen LogP contribution in [-0.2, 0) is 19.9 Å². The number of sulfonamides is 1. The number of hydrogen-bond donors (Lipinski definition) is 1. The molecule has 0 spiro atoms. The summed E-state index contributed by atoms with van der Waals surface area (Å²) in [5.41, 5.74) is -0.903. The van der Waals surface area contributed by atoms with Crippen LogP contribution in [0.3, 0.4) is 0 Å². The zero-order chi connectivity index (χ0) is 14.5. The van der Waals surface area contributed by atoms with E-state index in [-0.39, 0.29) is 16.4 Å². The van der Waals surface area contributed by atoms with E-state index >= 15 is 0 Å². The smallest absolute Gasteiger partial charge is 0.229 e. The second kappa shape index (κ2) is 4.54. The molecule has 2 rings (SSSR count). The van der Waals surface area contributed by atoms with Crippen molar-refractivity contribution in [3.05, 3.63) is 15.8 Å². The van der Waals surface area contributed by atoms with Crippen LogP contribution in [-0.4, -0.2) is 33.9 Å². The Bertz CT molecular complexity index is 702. The summed E-state index contributed by atoms with van der Waals surface area (Å²) in [7, 11) is -6.80. The van der Waals surface area contributed by atoms with Crippen LogP contribution in [0.15, 0.2) is 11.0 Å². The minimum absolute atomic E-state index is 0.0354. The third-order valence-corrected chi connectivity index (χ3v) is 7.93. The zero-order valence-electron chi connectivity index (χ0n) is 11.1. The van der Waals surface area contributed by atoms with Crippen LogP contribution in [0.1, 0.15) is 23.1 Å². The van der Waals surface area contributed by atoms with Crippen LogP contribution in [0.25, 0.3) is 0 Å². The van der Waals surface area contributed by atoms with Crippen LogP contribution >= 0.6 is 11.3 Å². The van der Waals surface area contributed by atoms with Gasteiger partial charge in [0.1, 0.15) is 0 Å². The molecular weight excluding hydrogens is 306 g/mol. The highest BCUT2D eigenvalue weighted by atomic mass is 32.2. The quantitative estimate of drug-likeness (QED) is 0.907. The highest BCUT2D eigenvalue weighted by molar-refractivity contribution is 7.92. The molecule has 1 fully saturated rings. The molecule has 1 unspecified atom stereocenters. The van der Waals surface area contributed by atoms with Crippen molar-refractivity contribution in [2.75, 3.05) is 11.5 Å². The Morgan fingerprint density at radius 3 is 2.42 bits per heavy atom. The molecule has 1 aliphatic rings. The SMILES string of the molecule is Cc1cc(S(=O)(=O)NC2(C)CCS(=O)(=O)C2)c(C)s1. The van der Waals surface area contributed by atoms with Gasteiger partial charge in [-0.15, -0.1) is 11.3 Å². The van der Waals surface area contributed by atoms with E-state index < -0.39 is 25.4 Å². The molecule has 108 valence electrons. The van der Waals surface area contributed by atoms with Crippen molar-refractivity contribution in [3.8, 4) is 0 Å². The van der Waals surface area contributed by atoms with Crippen LogP contribution in [0.5, 0.6) is 0 Å². The van der Waals surface area contributed by atoms with Crippen molar-refractivity contribution in [1.29, 1.82) is 0 Å². The van der Waals surface area contributed by atoms with E-state index in [1.807, 2.05) is 6.92 Å². The van der Waals surface area contributed by atoms with Crippen LogP contribution in [0.2, 0.25) is 0 Å². The normalized spacial score (nSPS) is 26.7. The molecule has 1 aromatic rings. The highest BCUT2D eigenvalue weighted by Crippen LogP contribution is 2.29. The van der Waals surface area contributed by atoms with Gasteiger partial charge in [0.2, 0.25) is 10.0 Å². The van der Waals surface area contributed by atoms with Gasteiger partial charge in [-0.3, -0.25) is 0 Å². The van der Waals surface area contributed by atoms with Crippen LogP contribution < -0.4 is 4.72 Å². The maximum Gasteiger partial charge on any atom is 0.242 e. The molecular formula is C11H17NO4S3. The molecule has 0 amide bonds. The summed E-state index contributed by atoms with van der Waals surface area (Å²) in [4.78, 5) is 1.89. The topological polar surface area (TPSA) is 80.3 Å². The Balaban J connectivity index is 2.31. The van der Waals surface area contributed by atoms with Gasteiger partial charge in [-0.05, 0) is 33.3 Å². The third kappa shape index (κ3) is 3.18. The summed E-state index contributed by atoms with van der Waals surface area (Å²) in [5, 5.41) is 0. The molecule has 1 atom stereocenters. The number of sulfone groups is 1. The molecule has 2 heterocycles. The van der Waals surface area contributed by atoms with E-state index in [0.29, 0.717) is 6.42 Å². The zero-order valence-corrected chi connectivity index (χ0v) is 13.5. The molecule has 0 bridgehead atoms. The van der Waals surface area contributed by atoms with Crippen molar-refractivity contribution >= 4 is 31.2 Å². The van der Waals surface area contributed by atoms with Crippen molar-refractivity contribution in [3.63, 3.8) is 0 Å². The maximum absolute atomic E-state index is 12.3. The molecule has 5 nitrogen and oxygen atoms in total. The lowest BCUT2D eigenvalue weighted by molar-refractivity contribution is 0.461. The van der Waals surface area contributed by atoms with Crippen molar-refractivity contribution in [1.82, 2.24) is 4.72 Å². The number of rotatable bonds is 3. The average Bonchev–Trinajstić information content (AvgIpc) is 2.66. The van der Waals surface area contributed by atoms with Crippen LogP contribution in [0.4, 0.5) is 0 Å². The Kier molecular flexibility index (Phi) is 3.58. The summed E-state index contributed by atoms with van der Waals surface area (Å²) in [6, 6.07) is 1.62. The second-order valence-corrected chi connectivity index (χ2v) is 10.6. The summed E-state index contributed by atoms with van der Waals surface area (Å²) >= 11 is 1.42. The standard InChI is InChI=1S/C11H17NO4S3/c1-8-6-10(9(2)17-8)19(15,16)12-11(3)4-5-18(13,14)7-11/h6,12H,4-5,7H2,1-3H3. The lowest BCUT2D eigenvalue weighted by Gasteiger charge is -2.23. The largest absolute Gasteiger partial charge is 0.242 e. The fourth-order valence-corrected chi connectivity index (χ4v) is 7.52. The molecule has 19 heavy (non-hydrogen) atoms. The highest BCUT2D eigenvalue weighted by Gasteiger charge is 2.41. The van der Waals surface area contributed by atoms with E-state index in [1.165, 1.54) is 11.3 Å². The molecule has 1 aromatic heterocycles. The first-order valence-electron chi connectivity index (χ1n) is 5.84. The molecule has 0 aromatic carbocycles. The molecule has 1 aliphatic heterocycles. The lowest BCUT2D eigenvalue weighted by Crippen LogP contribution is -2.46. The van der Waals surface area contributed by atoms with E-state index in [2.05, 4.69) is 4.72 Å². The minimum Gasteiger partial charge on any atom is -0.229 e. The van der Waals surface area contributed by atoms with Gasteiger partial charge < -0.3 is 0 Å². The first-order valence-corrected chi connectivity index (χ1v) is 9.97. The summed E-state index contributed by atoms with van der Waals surface area (Å²) < 4.78 is 50.2. The van der Waals surface area contributed by atoms with Crippen molar-refractivity contribution < 1.29 is 16.8 Å². The Hall–Kier alpha value is -0.440. The number of nitrogens with one attached hydrogen (secondary N) is 1. The van der Waals surface area contributed by atoms with Crippen LogP contribution in [0, 0.1) is 13.8 Å². The molecule has 8 heteroatoms. The first kappa shape index (κ1) is 15.0. The monoisotopic (exact) mass is 323 g/mol. The van der Waals surface area contributed by atoms with Gasteiger partial charge in [0.05, 0.1) is 16.4 Å². The fourth-order valence-electron chi connectivity index (χ4n) is 2.34. The van der Waals surface area contributed by atoms with Gasteiger partial charge in [0, 0.05) is 15.3 Å². The predicted octanol–water partition coefficient (Wildman–Crippen LogP) is 1.22. The summed E-state index contributed by atoms with van der Waals surface area (Å²) in [5.74, 6) is -0.102. The van der Waals surface area contributed by atoms with Gasteiger partial charge in [-0.25, -0.2) is 21.6 Å². The number of thiophene rings is 1. The van der Waals surface area contributed by atoms with Crippen molar-refractivity contribution in [2.24, 2.45) is 0 Å². The van der Waals surface area contributed by atoms with Crippen molar-refractivity contribution in [2.45, 2.75) is 37.6 Å². The number of hydrogen-bond acceptors (Lipinski definition) is 5. The molecule has 1 N–H and O–H groups in total.